The molecule has 0 N–H and O–H groups in total. The van der Waals surface area contributed by atoms with Gasteiger partial charge in [0.2, 0.25) is 0 Å². The summed E-state index contributed by atoms with van der Waals surface area (Å²) in [5, 5.41) is 0. The molecular weight excluding hydrogens is 232 g/mol. The first-order chi connectivity index (χ1) is 8.57. The number of rotatable bonds is 4. The number of likely N-dealkylation sites (tertiary alicyclic amines) is 1. The summed E-state index contributed by atoms with van der Waals surface area (Å²) in [6.07, 6.45) is 2.44. The van der Waals surface area contributed by atoms with Crippen molar-refractivity contribution in [3.05, 3.63) is 0 Å². The lowest BCUT2D eigenvalue weighted by Gasteiger charge is -2.44. The Labute approximate surface area is 109 Å². The molecule has 5 nitrogen and oxygen atoms in total. The van der Waals surface area contributed by atoms with Gasteiger partial charge in [0.05, 0.1) is 20.3 Å². The smallest absolute Gasteiger partial charge is 0.317 e. The zero-order valence-electron chi connectivity index (χ0n) is 11.6. The molecule has 1 unspecified atom stereocenters. The van der Waals surface area contributed by atoms with Crippen molar-refractivity contribution in [3.63, 3.8) is 0 Å². The van der Waals surface area contributed by atoms with Gasteiger partial charge in [-0.25, -0.2) is 0 Å². The van der Waals surface area contributed by atoms with Gasteiger partial charge in [0.25, 0.3) is 0 Å². The van der Waals surface area contributed by atoms with Crippen LogP contribution in [0.1, 0.15) is 12.8 Å². The number of piperidine rings is 1. The fourth-order valence-electron chi connectivity index (χ4n) is 2.94. The van der Waals surface area contributed by atoms with E-state index < -0.39 is 5.41 Å². The van der Waals surface area contributed by atoms with Crippen molar-refractivity contribution in [3.8, 4) is 0 Å². The quantitative estimate of drug-likeness (QED) is 0.672. The zero-order valence-corrected chi connectivity index (χ0v) is 11.6. The maximum absolute atomic E-state index is 11.9. The molecular formula is C13H24N2O3. The number of esters is 1. The molecule has 0 radical (unpaired) electrons. The van der Waals surface area contributed by atoms with Crippen LogP contribution in [0.25, 0.3) is 0 Å². The van der Waals surface area contributed by atoms with E-state index in [-0.39, 0.29) is 5.97 Å². The van der Waals surface area contributed by atoms with Gasteiger partial charge in [-0.15, -0.1) is 0 Å². The third kappa shape index (κ3) is 2.68. The molecule has 0 aliphatic carbocycles. The molecule has 2 fully saturated rings. The normalized spacial score (nSPS) is 27.9. The molecule has 2 aliphatic rings. The van der Waals surface area contributed by atoms with Crippen LogP contribution in [0, 0.1) is 5.41 Å². The lowest BCUT2D eigenvalue weighted by molar-refractivity contribution is -0.187. The molecule has 0 bridgehead atoms. The Hall–Kier alpha value is -0.650. The highest BCUT2D eigenvalue weighted by atomic mass is 16.5. The van der Waals surface area contributed by atoms with Gasteiger partial charge in [-0.3, -0.25) is 4.79 Å². The molecule has 2 heterocycles. The third-order valence-corrected chi connectivity index (χ3v) is 4.15. The summed E-state index contributed by atoms with van der Waals surface area (Å²) in [4.78, 5) is 16.5. The standard InChI is InChI=1S/C13H24N2O3/c1-14-6-4-5-11(7-14)15(2)8-13(9-18-10-13)12(16)17-3/h11H,4-10H2,1-3H3. The molecule has 2 rings (SSSR count). The van der Waals surface area contributed by atoms with Crippen LogP contribution in [0.3, 0.4) is 0 Å². The fourth-order valence-corrected chi connectivity index (χ4v) is 2.94. The van der Waals surface area contributed by atoms with Crippen LogP contribution in [-0.4, -0.2) is 75.9 Å². The van der Waals surface area contributed by atoms with Crippen molar-refractivity contribution in [2.45, 2.75) is 18.9 Å². The lowest BCUT2D eigenvalue weighted by atomic mass is 9.84. The van der Waals surface area contributed by atoms with E-state index in [9.17, 15) is 4.79 Å². The molecule has 104 valence electrons. The van der Waals surface area contributed by atoms with Crippen molar-refractivity contribution in [2.24, 2.45) is 5.41 Å². The third-order valence-electron chi connectivity index (χ3n) is 4.15. The van der Waals surface area contributed by atoms with E-state index in [2.05, 4.69) is 23.9 Å². The van der Waals surface area contributed by atoms with Gasteiger partial charge >= 0.3 is 5.97 Å². The number of ether oxygens (including phenoxy) is 2. The molecule has 5 heteroatoms. The minimum absolute atomic E-state index is 0.134. The van der Waals surface area contributed by atoms with E-state index in [1.165, 1.54) is 26.5 Å². The molecule has 0 aromatic heterocycles. The molecule has 0 spiro atoms. The summed E-state index contributed by atoms with van der Waals surface area (Å²) in [7, 11) is 5.71. The van der Waals surface area contributed by atoms with Crippen LogP contribution < -0.4 is 0 Å². The maximum atomic E-state index is 11.9. The van der Waals surface area contributed by atoms with Crippen LogP contribution in [0.4, 0.5) is 0 Å². The number of methoxy groups -OCH3 is 1. The largest absolute Gasteiger partial charge is 0.468 e. The van der Waals surface area contributed by atoms with E-state index in [4.69, 9.17) is 9.47 Å². The van der Waals surface area contributed by atoms with Crippen molar-refractivity contribution < 1.29 is 14.3 Å². The summed E-state index contributed by atoms with van der Waals surface area (Å²) in [5.41, 5.74) is -0.431. The Bertz CT molecular complexity index is 305. The van der Waals surface area contributed by atoms with Gasteiger partial charge in [-0.05, 0) is 33.5 Å². The average Bonchev–Trinajstić information content (AvgIpc) is 2.32. The Kier molecular flexibility index (Phi) is 4.25. The molecule has 2 aliphatic heterocycles. The molecule has 0 saturated carbocycles. The summed E-state index contributed by atoms with van der Waals surface area (Å²) < 4.78 is 10.1. The Morgan fingerprint density at radius 2 is 2.28 bits per heavy atom. The molecule has 2 saturated heterocycles. The van der Waals surface area contributed by atoms with Crippen LogP contribution in [0.2, 0.25) is 0 Å². The van der Waals surface area contributed by atoms with Gasteiger partial charge in [0, 0.05) is 19.1 Å². The van der Waals surface area contributed by atoms with Crippen LogP contribution in [0.15, 0.2) is 0 Å². The highest BCUT2D eigenvalue weighted by Crippen LogP contribution is 2.31. The predicted octanol–water partition coefficient (Wildman–Crippen LogP) is 0.202. The SMILES string of the molecule is COC(=O)C1(CN(C)C2CCCN(C)C2)COC1. The van der Waals surface area contributed by atoms with Crippen molar-refractivity contribution >= 4 is 5.97 Å². The lowest BCUT2D eigenvalue weighted by Crippen LogP contribution is -2.58. The Balaban J connectivity index is 1.93. The molecule has 0 aromatic rings. The van der Waals surface area contributed by atoms with E-state index in [0.717, 1.165) is 13.1 Å². The Morgan fingerprint density at radius 1 is 1.56 bits per heavy atom. The highest BCUT2D eigenvalue weighted by molar-refractivity contribution is 5.78. The van der Waals surface area contributed by atoms with Gasteiger partial charge in [0.1, 0.15) is 5.41 Å². The maximum Gasteiger partial charge on any atom is 0.317 e. The number of carbonyl (C=O) groups excluding carboxylic acids is 1. The molecule has 0 amide bonds. The number of carbonyl (C=O) groups is 1. The van der Waals surface area contributed by atoms with Crippen LogP contribution in [0.5, 0.6) is 0 Å². The summed E-state index contributed by atoms with van der Waals surface area (Å²) in [6.45, 7) is 3.97. The fraction of sp³-hybridized carbons (Fsp3) is 0.923. The topological polar surface area (TPSA) is 42.0 Å². The van der Waals surface area contributed by atoms with Gasteiger partial charge < -0.3 is 19.3 Å². The second-order valence-electron chi connectivity index (χ2n) is 5.74. The Morgan fingerprint density at radius 3 is 2.78 bits per heavy atom. The van der Waals surface area contributed by atoms with Gasteiger partial charge in [0.15, 0.2) is 0 Å². The molecule has 0 aromatic carbocycles. The number of nitrogens with zero attached hydrogens (tertiary/aromatic N) is 2. The number of hydrogen-bond donors (Lipinski definition) is 0. The van der Waals surface area contributed by atoms with Crippen molar-refractivity contribution in [2.75, 3.05) is 54.1 Å². The first kappa shape index (κ1) is 13.8. The summed E-state index contributed by atoms with van der Waals surface area (Å²) in [5.74, 6) is -0.134. The molecule has 1 atom stereocenters. The second-order valence-corrected chi connectivity index (χ2v) is 5.74. The summed E-state index contributed by atoms with van der Waals surface area (Å²) in [6, 6.07) is 0.533. The molecule has 18 heavy (non-hydrogen) atoms. The van der Waals surface area contributed by atoms with E-state index in [0.29, 0.717) is 19.3 Å². The van der Waals surface area contributed by atoms with Crippen molar-refractivity contribution in [1.82, 2.24) is 9.80 Å². The van der Waals surface area contributed by atoms with E-state index >= 15 is 0 Å². The van der Waals surface area contributed by atoms with Gasteiger partial charge in [-0.2, -0.15) is 0 Å². The van der Waals surface area contributed by atoms with Crippen LogP contribution >= 0.6 is 0 Å². The zero-order chi connectivity index (χ0) is 13.2. The minimum Gasteiger partial charge on any atom is -0.468 e. The number of hydrogen-bond acceptors (Lipinski definition) is 5. The van der Waals surface area contributed by atoms with E-state index in [1.54, 1.807) is 0 Å². The van der Waals surface area contributed by atoms with Crippen molar-refractivity contribution in [1.29, 1.82) is 0 Å². The van der Waals surface area contributed by atoms with Gasteiger partial charge in [-0.1, -0.05) is 0 Å². The van der Waals surface area contributed by atoms with E-state index in [1.807, 2.05) is 0 Å². The minimum atomic E-state index is -0.431. The monoisotopic (exact) mass is 256 g/mol. The van der Waals surface area contributed by atoms with Crippen LogP contribution in [-0.2, 0) is 14.3 Å². The predicted molar refractivity (Wildman–Crippen MR) is 68.4 cm³/mol. The average molecular weight is 256 g/mol. The first-order valence-electron chi connectivity index (χ1n) is 6.62. The number of likely N-dealkylation sites (N-methyl/N-ethyl adjacent to an activating group) is 2. The summed E-state index contributed by atoms with van der Waals surface area (Å²) >= 11 is 0. The highest BCUT2D eigenvalue weighted by Gasteiger charge is 2.48. The second kappa shape index (κ2) is 5.55. The first-order valence-corrected chi connectivity index (χ1v) is 6.62.